The van der Waals surface area contributed by atoms with Crippen molar-refractivity contribution in [3.8, 4) is 0 Å². The molecule has 0 nitrogen and oxygen atoms in total. The number of fused-ring (bicyclic) bond motifs is 1. The Morgan fingerprint density at radius 2 is 1.75 bits per heavy atom. The molecule has 0 aromatic heterocycles. The minimum atomic E-state index is 1.08. The van der Waals surface area contributed by atoms with Gasteiger partial charge in [-0.1, -0.05) is 13.8 Å². The van der Waals surface area contributed by atoms with Gasteiger partial charge in [0.1, 0.15) is 0 Å². The largest absolute Gasteiger partial charge is 0.0622 e. The number of hydrogen-bond acceptors (Lipinski definition) is 0. The summed E-state index contributed by atoms with van der Waals surface area (Å²) in [5, 5.41) is 0. The van der Waals surface area contributed by atoms with Gasteiger partial charge in [-0.2, -0.15) is 0 Å². The minimum absolute atomic E-state index is 1.08. The van der Waals surface area contributed by atoms with Gasteiger partial charge in [-0.3, -0.25) is 0 Å². The van der Waals surface area contributed by atoms with Crippen molar-refractivity contribution in [3.05, 3.63) is 0 Å². The molecule has 0 radical (unpaired) electrons. The SMILES string of the molecule is CC1CC1CC1C(C)C2CCC21. The summed E-state index contributed by atoms with van der Waals surface area (Å²) < 4.78 is 0. The highest BCUT2D eigenvalue weighted by atomic mass is 14.6. The van der Waals surface area contributed by atoms with E-state index in [2.05, 4.69) is 13.8 Å². The van der Waals surface area contributed by atoms with Crippen molar-refractivity contribution in [2.45, 2.75) is 39.5 Å². The molecule has 0 amide bonds. The van der Waals surface area contributed by atoms with Crippen molar-refractivity contribution in [1.29, 1.82) is 0 Å². The van der Waals surface area contributed by atoms with E-state index in [1.165, 1.54) is 11.8 Å². The van der Waals surface area contributed by atoms with E-state index in [0.717, 1.165) is 23.7 Å². The van der Waals surface area contributed by atoms with Gasteiger partial charge >= 0.3 is 0 Å². The second-order valence-electron chi connectivity index (χ2n) is 5.64. The Hall–Kier alpha value is 0. The molecule has 68 valence electrons. The van der Waals surface area contributed by atoms with Crippen molar-refractivity contribution in [2.24, 2.45) is 35.5 Å². The van der Waals surface area contributed by atoms with Gasteiger partial charge in [0.05, 0.1) is 0 Å². The molecule has 3 rings (SSSR count). The molecule has 3 saturated carbocycles. The van der Waals surface area contributed by atoms with Crippen molar-refractivity contribution in [2.75, 3.05) is 0 Å². The fourth-order valence-electron chi connectivity index (χ4n) is 3.76. The molecule has 0 aromatic rings. The van der Waals surface area contributed by atoms with E-state index in [0.29, 0.717) is 0 Å². The molecule has 3 fully saturated rings. The van der Waals surface area contributed by atoms with Crippen LogP contribution in [-0.2, 0) is 0 Å². The Morgan fingerprint density at radius 3 is 2.17 bits per heavy atom. The summed E-state index contributed by atoms with van der Waals surface area (Å²) in [5.41, 5.74) is 0. The van der Waals surface area contributed by atoms with E-state index >= 15 is 0 Å². The second kappa shape index (κ2) is 2.27. The van der Waals surface area contributed by atoms with E-state index in [-0.39, 0.29) is 0 Å². The molecule has 3 aliphatic carbocycles. The maximum Gasteiger partial charge on any atom is -0.0352 e. The van der Waals surface area contributed by atoms with Crippen LogP contribution < -0.4 is 0 Å². The number of rotatable bonds is 2. The molecule has 3 aliphatic rings. The molecule has 0 spiro atoms. The fraction of sp³-hybridized carbons (Fsp3) is 1.00. The van der Waals surface area contributed by atoms with Crippen LogP contribution in [-0.4, -0.2) is 0 Å². The molecule has 6 atom stereocenters. The zero-order chi connectivity index (χ0) is 8.29. The highest BCUT2D eigenvalue weighted by Gasteiger charge is 2.54. The Bertz CT molecular complexity index is 190. The Morgan fingerprint density at radius 1 is 1.08 bits per heavy atom. The topological polar surface area (TPSA) is 0 Å². The van der Waals surface area contributed by atoms with E-state index in [4.69, 9.17) is 0 Å². The first-order valence-corrected chi connectivity index (χ1v) is 5.77. The van der Waals surface area contributed by atoms with Crippen LogP contribution in [0.1, 0.15) is 39.5 Å². The third kappa shape index (κ3) is 0.843. The highest BCUT2D eigenvalue weighted by Crippen LogP contribution is 2.62. The third-order valence-electron chi connectivity index (χ3n) is 5.13. The first kappa shape index (κ1) is 7.41. The molecule has 0 heteroatoms. The van der Waals surface area contributed by atoms with Gasteiger partial charge in [-0.15, -0.1) is 0 Å². The predicted molar refractivity (Wildman–Crippen MR) is 50.8 cm³/mol. The second-order valence-corrected chi connectivity index (χ2v) is 5.64. The Kier molecular flexibility index (Phi) is 1.40. The van der Waals surface area contributed by atoms with Crippen molar-refractivity contribution < 1.29 is 0 Å². The standard InChI is InChI=1S/C12H20/c1-7-5-9(7)6-12-8(2)10-3-4-11(10)12/h7-12H,3-6H2,1-2H3. The number of hydrogen-bond donors (Lipinski definition) is 0. The Labute approximate surface area is 75.7 Å². The molecular formula is C12H20. The van der Waals surface area contributed by atoms with Gasteiger partial charge in [0.15, 0.2) is 0 Å². The zero-order valence-corrected chi connectivity index (χ0v) is 8.29. The molecule has 0 bridgehead atoms. The van der Waals surface area contributed by atoms with Gasteiger partial charge in [-0.25, -0.2) is 0 Å². The highest BCUT2D eigenvalue weighted by molar-refractivity contribution is 5.03. The van der Waals surface area contributed by atoms with Gasteiger partial charge in [0.25, 0.3) is 0 Å². The van der Waals surface area contributed by atoms with Crippen LogP contribution in [0.4, 0.5) is 0 Å². The fourth-order valence-corrected chi connectivity index (χ4v) is 3.76. The van der Waals surface area contributed by atoms with Gasteiger partial charge in [0.2, 0.25) is 0 Å². The minimum Gasteiger partial charge on any atom is -0.0622 e. The molecule has 6 unspecified atom stereocenters. The predicted octanol–water partition coefficient (Wildman–Crippen LogP) is 3.32. The summed E-state index contributed by atoms with van der Waals surface area (Å²) in [6.45, 7) is 4.92. The summed E-state index contributed by atoms with van der Waals surface area (Å²) in [5.74, 6) is 6.82. The summed E-state index contributed by atoms with van der Waals surface area (Å²) >= 11 is 0. The van der Waals surface area contributed by atoms with Crippen LogP contribution in [0.15, 0.2) is 0 Å². The molecular weight excluding hydrogens is 144 g/mol. The smallest absolute Gasteiger partial charge is 0.0352 e. The lowest BCUT2D eigenvalue weighted by Crippen LogP contribution is -2.51. The van der Waals surface area contributed by atoms with Gasteiger partial charge in [0, 0.05) is 0 Å². The van der Waals surface area contributed by atoms with E-state index < -0.39 is 0 Å². The molecule has 0 aromatic carbocycles. The molecule has 0 saturated heterocycles. The zero-order valence-electron chi connectivity index (χ0n) is 8.29. The van der Waals surface area contributed by atoms with Crippen LogP contribution >= 0.6 is 0 Å². The maximum atomic E-state index is 2.50. The summed E-state index contributed by atoms with van der Waals surface area (Å²) in [6, 6.07) is 0. The van der Waals surface area contributed by atoms with Crippen LogP contribution in [0.25, 0.3) is 0 Å². The van der Waals surface area contributed by atoms with E-state index in [1.54, 1.807) is 25.7 Å². The summed E-state index contributed by atoms with van der Waals surface area (Å²) in [6.07, 6.45) is 6.26. The lowest BCUT2D eigenvalue weighted by Gasteiger charge is -2.59. The molecule has 0 aliphatic heterocycles. The average Bonchev–Trinajstić information content (AvgIpc) is 2.63. The van der Waals surface area contributed by atoms with Crippen LogP contribution in [0.5, 0.6) is 0 Å². The van der Waals surface area contributed by atoms with Gasteiger partial charge < -0.3 is 0 Å². The Balaban J connectivity index is 1.56. The molecule has 0 N–H and O–H groups in total. The lowest BCUT2D eigenvalue weighted by molar-refractivity contribution is -0.0983. The molecule has 12 heavy (non-hydrogen) atoms. The van der Waals surface area contributed by atoms with Crippen LogP contribution in [0, 0.1) is 35.5 Å². The first-order chi connectivity index (χ1) is 5.77. The summed E-state index contributed by atoms with van der Waals surface area (Å²) in [4.78, 5) is 0. The van der Waals surface area contributed by atoms with E-state index in [9.17, 15) is 0 Å². The quantitative estimate of drug-likeness (QED) is 0.587. The van der Waals surface area contributed by atoms with Crippen molar-refractivity contribution >= 4 is 0 Å². The lowest BCUT2D eigenvalue weighted by atomic mass is 9.46. The van der Waals surface area contributed by atoms with Crippen molar-refractivity contribution in [1.82, 2.24) is 0 Å². The normalized spacial score (nSPS) is 61.5. The maximum absolute atomic E-state index is 2.50. The van der Waals surface area contributed by atoms with Crippen LogP contribution in [0.3, 0.4) is 0 Å². The van der Waals surface area contributed by atoms with Gasteiger partial charge in [-0.05, 0) is 61.2 Å². The molecule has 0 heterocycles. The summed E-state index contributed by atoms with van der Waals surface area (Å²) in [7, 11) is 0. The third-order valence-corrected chi connectivity index (χ3v) is 5.13. The first-order valence-electron chi connectivity index (χ1n) is 5.77. The van der Waals surface area contributed by atoms with Crippen LogP contribution in [0.2, 0.25) is 0 Å². The van der Waals surface area contributed by atoms with E-state index in [1.807, 2.05) is 0 Å². The average molecular weight is 164 g/mol. The van der Waals surface area contributed by atoms with Crippen molar-refractivity contribution in [3.63, 3.8) is 0 Å². The monoisotopic (exact) mass is 164 g/mol.